The number of nitrogens with zero attached hydrogens (tertiary/aromatic N) is 2. The molecule has 6 aromatic rings. The molecule has 0 unspecified atom stereocenters. The van der Waals surface area contributed by atoms with E-state index in [4.69, 9.17) is 18.9 Å². The normalized spacial score (nSPS) is 13.7. The molecule has 0 amide bonds. The van der Waals surface area contributed by atoms with Crippen molar-refractivity contribution in [1.82, 2.24) is 0 Å². The molecule has 0 atom stereocenters. The fraction of sp³-hybridized carbons (Fsp3) is 0.351. The van der Waals surface area contributed by atoms with Crippen molar-refractivity contribution in [2.45, 2.75) is 144 Å². The zero-order valence-electron chi connectivity index (χ0n) is 50.8. The maximum absolute atomic E-state index is 12.2. The minimum Gasteiger partial charge on any atom is -0.462 e. The molecule has 1 fully saturated rings. The highest BCUT2D eigenvalue weighted by atomic mass is 16.5. The Bertz CT molecular complexity index is 2840. The van der Waals surface area contributed by atoms with Gasteiger partial charge in [0.1, 0.15) is 0 Å². The van der Waals surface area contributed by atoms with Crippen molar-refractivity contribution < 1.29 is 38.1 Å². The SMILES string of the molecule is CC=C(C)C(=O)OCCCc1ccc(N(c2ccc(CCCOC(=O)C(C)=CC)cc2)c2ccc(C3(c4ccc(N(c5ccc(CCCOC(=O)C(C)=CC)cc5)c5ccc(CCCOC(=O)C(C)=CC)cc5)cc4)CCCCC3)cc2)cc1. The molecule has 6 aromatic carbocycles. The third-order valence-corrected chi connectivity index (χ3v) is 16.2. The molecular weight excluding hydrogens is 1040 g/mol. The first-order valence-corrected chi connectivity index (χ1v) is 30.1. The number of hydrogen-bond donors (Lipinski definition) is 0. The third-order valence-electron chi connectivity index (χ3n) is 16.2. The van der Waals surface area contributed by atoms with E-state index in [0.29, 0.717) is 48.7 Å². The van der Waals surface area contributed by atoms with Gasteiger partial charge in [-0.15, -0.1) is 0 Å². The number of carbonyl (C=O) groups excluding carboxylic acids is 4. The number of rotatable bonds is 28. The molecule has 0 N–H and O–H groups in total. The number of esters is 4. The number of hydrogen-bond acceptors (Lipinski definition) is 10. The summed E-state index contributed by atoms with van der Waals surface area (Å²) >= 11 is 0. The monoisotopic (exact) mass is 1130 g/mol. The van der Waals surface area contributed by atoms with E-state index < -0.39 is 0 Å². The van der Waals surface area contributed by atoms with Crippen LogP contribution in [0.15, 0.2) is 192 Å². The summed E-state index contributed by atoms with van der Waals surface area (Å²) in [5, 5.41) is 0. The fourth-order valence-corrected chi connectivity index (χ4v) is 10.6. The lowest BCUT2D eigenvalue weighted by Crippen LogP contribution is -2.30. The van der Waals surface area contributed by atoms with Crippen LogP contribution in [0.25, 0.3) is 0 Å². The first-order valence-electron chi connectivity index (χ1n) is 30.1. The third kappa shape index (κ3) is 17.4. The van der Waals surface area contributed by atoms with Gasteiger partial charge >= 0.3 is 23.9 Å². The van der Waals surface area contributed by atoms with Crippen molar-refractivity contribution in [3.05, 3.63) is 226 Å². The predicted octanol–water partition coefficient (Wildman–Crippen LogP) is 17.6. The Morgan fingerprint density at radius 1 is 0.345 bits per heavy atom. The van der Waals surface area contributed by atoms with E-state index in [2.05, 4.69) is 155 Å². The van der Waals surface area contributed by atoms with E-state index in [-0.39, 0.29) is 29.3 Å². The minimum absolute atomic E-state index is 0.170. The highest BCUT2D eigenvalue weighted by Gasteiger charge is 2.36. The molecule has 1 aliphatic rings. The van der Waals surface area contributed by atoms with E-state index in [0.717, 1.165) is 111 Å². The molecule has 0 heterocycles. The number of anilines is 6. The van der Waals surface area contributed by atoms with Gasteiger partial charge < -0.3 is 28.7 Å². The van der Waals surface area contributed by atoms with Crippen molar-refractivity contribution in [2.75, 3.05) is 36.2 Å². The van der Waals surface area contributed by atoms with E-state index in [1.54, 1.807) is 52.0 Å². The summed E-state index contributed by atoms with van der Waals surface area (Å²) in [5.41, 5.74) is 15.8. The summed E-state index contributed by atoms with van der Waals surface area (Å²) in [6.07, 6.45) is 18.8. The predicted molar refractivity (Wildman–Crippen MR) is 341 cm³/mol. The largest absolute Gasteiger partial charge is 0.462 e. The average Bonchev–Trinajstić information content (AvgIpc) is 3.73. The molecule has 0 aliphatic heterocycles. The van der Waals surface area contributed by atoms with Gasteiger partial charge in [-0.25, -0.2) is 19.2 Å². The van der Waals surface area contributed by atoms with Crippen LogP contribution in [-0.2, 0) is 69.2 Å². The summed E-state index contributed by atoms with van der Waals surface area (Å²) in [4.78, 5) is 53.5. The van der Waals surface area contributed by atoms with Gasteiger partial charge in [0.25, 0.3) is 0 Å². The first kappa shape index (κ1) is 63.3. The van der Waals surface area contributed by atoms with Crippen molar-refractivity contribution in [1.29, 1.82) is 0 Å². The van der Waals surface area contributed by atoms with Crippen LogP contribution in [0.2, 0.25) is 0 Å². The van der Waals surface area contributed by atoms with Crippen molar-refractivity contribution in [2.24, 2.45) is 0 Å². The number of carbonyl (C=O) groups is 4. The lowest BCUT2D eigenvalue weighted by Gasteiger charge is -2.39. The van der Waals surface area contributed by atoms with Crippen LogP contribution in [0, 0.1) is 0 Å². The average molecular weight is 1130 g/mol. The van der Waals surface area contributed by atoms with Gasteiger partial charge in [-0.05, 0) is 226 Å². The molecule has 10 nitrogen and oxygen atoms in total. The van der Waals surface area contributed by atoms with Crippen LogP contribution in [0.1, 0.15) is 147 Å². The van der Waals surface area contributed by atoms with Gasteiger partial charge in [-0.3, -0.25) is 0 Å². The molecule has 7 rings (SSSR count). The topological polar surface area (TPSA) is 112 Å². The maximum atomic E-state index is 12.2. The second kappa shape index (κ2) is 32.0. The molecule has 0 saturated heterocycles. The Hall–Kier alpha value is -8.24. The molecule has 0 aromatic heterocycles. The number of benzene rings is 6. The lowest BCUT2D eigenvalue weighted by molar-refractivity contribution is -0.139. The van der Waals surface area contributed by atoms with Crippen molar-refractivity contribution in [3.63, 3.8) is 0 Å². The zero-order chi connectivity index (χ0) is 59.8. The quantitative estimate of drug-likeness (QED) is 0.0204. The molecule has 0 radical (unpaired) electrons. The molecule has 10 heteroatoms. The highest BCUT2D eigenvalue weighted by molar-refractivity contribution is 5.89. The second-order valence-corrected chi connectivity index (χ2v) is 21.9. The van der Waals surface area contributed by atoms with Gasteiger partial charge in [0.2, 0.25) is 0 Å². The summed E-state index contributed by atoms with van der Waals surface area (Å²) < 4.78 is 21.9. The molecule has 1 saturated carbocycles. The van der Waals surface area contributed by atoms with Gasteiger partial charge in [0.05, 0.1) is 26.4 Å². The Labute approximate surface area is 499 Å². The molecule has 84 heavy (non-hydrogen) atoms. The van der Waals surface area contributed by atoms with Gasteiger partial charge in [-0.2, -0.15) is 0 Å². The summed E-state index contributed by atoms with van der Waals surface area (Å²) in [5.74, 6) is -1.08. The smallest absolute Gasteiger partial charge is 0.333 e. The summed E-state index contributed by atoms with van der Waals surface area (Å²) in [6, 6.07) is 53.2. The van der Waals surface area contributed by atoms with E-state index in [1.165, 1.54) is 39.8 Å². The van der Waals surface area contributed by atoms with Crippen molar-refractivity contribution in [3.8, 4) is 0 Å². The van der Waals surface area contributed by atoms with Gasteiger partial charge in [0, 0.05) is 61.8 Å². The number of ether oxygens (including phenoxy) is 4. The number of allylic oxidation sites excluding steroid dienone is 4. The summed E-state index contributed by atoms with van der Waals surface area (Å²) in [6.45, 7) is 15.9. The molecule has 0 bridgehead atoms. The van der Waals surface area contributed by atoms with Crippen LogP contribution >= 0.6 is 0 Å². The van der Waals surface area contributed by atoms with E-state index in [1.807, 2.05) is 27.7 Å². The fourth-order valence-electron chi connectivity index (χ4n) is 10.6. The van der Waals surface area contributed by atoms with E-state index >= 15 is 0 Å². The molecular formula is C74H86N2O8. The summed E-state index contributed by atoms with van der Waals surface area (Å²) in [7, 11) is 0. The maximum Gasteiger partial charge on any atom is 0.333 e. The van der Waals surface area contributed by atoms with Gasteiger partial charge in [-0.1, -0.05) is 116 Å². The standard InChI is InChI=1S/C74H86N2O8/c1-9-54(5)70(77)81-50-16-20-58-24-36-64(37-25-58)75(65-38-26-59(27-39-65)21-17-51-82-71(78)55(6)10-2)68-44-32-62(33-45-68)74(48-14-13-15-49-74)63-34-46-69(47-35-63)76(66-40-28-60(29-41-66)22-18-52-83-72(79)56(7)11-3)67-42-30-61(31-43-67)23-19-53-84-73(80)57(8)12-4/h9-12,24-47H,13-23,48-53H2,1-8H3. The Morgan fingerprint density at radius 2 is 0.560 bits per heavy atom. The van der Waals surface area contributed by atoms with Crippen LogP contribution in [0.3, 0.4) is 0 Å². The zero-order valence-corrected chi connectivity index (χ0v) is 50.8. The molecule has 0 spiro atoms. The Morgan fingerprint density at radius 3 is 0.774 bits per heavy atom. The molecule has 440 valence electrons. The van der Waals surface area contributed by atoms with Crippen LogP contribution in [0.4, 0.5) is 34.1 Å². The van der Waals surface area contributed by atoms with Crippen LogP contribution in [0.5, 0.6) is 0 Å². The minimum atomic E-state index is -0.271. The van der Waals surface area contributed by atoms with Crippen molar-refractivity contribution >= 4 is 58.0 Å². The Kier molecular flexibility index (Phi) is 24.1. The van der Waals surface area contributed by atoms with Crippen LogP contribution in [-0.4, -0.2) is 50.3 Å². The van der Waals surface area contributed by atoms with Gasteiger partial charge in [0.15, 0.2) is 0 Å². The number of aryl methyl sites for hydroxylation is 4. The van der Waals surface area contributed by atoms with E-state index in [9.17, 15) is 19.2 Å². The first-order chi connectivity index (χ1) is 40.8. The van der Waals surface area contributed by atoms with Crippen LogP contribution < -0.4 is 9.80 Å². The highest BCUT2D eigenvalue weighted by Crippen LogP contribution is 2.47. The lowest BCUT2D eigenvalue weighted by atomic mass is 9.65. The Balaban J connectivity index is 1.14. The second-order valence-electron chi connectivity index (χ2n) is 21.9. The molecule has 1 aliphatic carbocycles.